The number of ether oxygens (including phenoxy) is 1. The van der Waals surface area contributed by atoms with E-state index in [1.165, 1.54) is 11.7 Å². The SMILES string of the molecule is CCCOc1ccc(C(NN)c2cnsn2)cc1. The van der Waals surface area contributed by atoms with Gasteiger partial charge in [-0.2, -0.15) is 8.75 Å². The number of aromatic nitrogens is 2. The molecule has 96 valence electrons. The van der Waals surface area contributed by atoms with Crippen LogP contribution in [0.5, 0.6) is 5.75 Å². The number of nitrogens with two attached hydrogens (primary N) is 1. The van der Waals surface area contributed by atoms with Crippen molar-refractivity contribution in [2.24, 2.45) is 5.84 Å². The normalized spacial score (nSPS) is 12.3. The van der Waals surface area contributed by atoms with Crippen molar-refractivity contribution >= 4 is 11.7 Å². The van der Waals surface area contributed by atoms with E-state index >= 15 is 0 Å². The molecule has 18 heavy (non-hydrogen) atoms. The number of hydrogen-bond donors (Lipinski definition) is 2. The zero-order valence-corrected chi connectivity index (χ0v) is 11.0. The van der Waals surface area contributed by atoms with Crippen LogP contribution in [0.15, 0.2) is 30.5 Å². The molecule has 0 radical (unpaired) electrons. The molecule has 0 fully saturated rings. The van der Waals surface area contributed by atoms with E-state index in [0.29, 0.717) is 0 Å². The predicted molar refractivity (Wildman–Crippen MR) is 71.3 cm³/mol. The molecule has 5 nitrogen and oxygen atoms in total. The maximum atomic E-state index is 5.57. The smallest absolute Gasteiger partial charge is 0.119 e. The Balaban J connectivity index is 2.12. The predicted octanol–water partition coefficient (Wildman–Crippen LogP) is 1.88. The maximum absolute atomic E-state index is 5.57. The summed E-state index contributed by atoms with van der Waals surface area (Å²) >= 11 is 1.17. The molecular weight excluding hydrogens is 248 g/mol. The van der Waals surface area contributed by atoms with E-state index in [1.807, 2.05) is 24.3 Å². The lowest BCUT2D eigenvalue weighted by atomic mass is 10.1. The van der Waals surface area contributed by atoms with Crippen LogP contribution in [-0.2, 0) is 0 Å². The van der Waals surface area contributed by atoms with Crippen LogP contribution in [0.25, 0.3) is 0 Å². The molecule has 0 aliphatic heterocycles. The molecule has 6 heteroatoms. The van der Waals surface area contributed by atoms with Crippen molar-refractivity contribution in [3.63, 3.8) is 0 Å². The number of nitrogens with zero attached hydrogens (tertiary/aromatic N) is 2. The Morgan fingerprint density at radius 2 is 2.17 bits per heavy atom. The van der Waals surface area contributed by atoms with Crippen LogP contribution >= 0.6 is 11.7 Å². The first-order valence-corrected chi connectivity index (χ1v) is 6.54. The fraction of sp³-hybridized carbons (Fsp3) is 0.333. The van der Waals surface area contributed by atoms with Crippen LogP contribution in [0.1, 0.15) is 30.6 Å². The third kappa shape index (κ3) is 3.04. The van der Waals surface area contributed by atoms with E-state index in [1.54, 1.807) is 6.20 Å². The highest BCUT2D eigenvalue weighted by Gasteiger charge is 2.14. The molecule has 3 N–H and O–H groups in total. The Morgan fingerprint density at radius 3 is 2.72 bits per heavy atom. The molecule has 1 unspecified atom stereocenters. The lowest BCUT2D eigenvalue weighted by Gasteiger charge is -2.14. The van der Waals surface area contributed by atoms with Crippen molar-refractivity contribution in [2.45, 2.75) is 19.4 Å². The first-order chi connectivity index (χ1) is 8.85. The van der Waals surface area contributed by atoms with Crippen LogP contribution in [0.2, 0.25) is 0 Å². The van der Waals surface area contributed by atoms with Crippen LogP contribution in [0.4, 0.5) is 0 Å². The molecule has 0 aliphatic carbocycles. The minimum absolute atomic E-state index is 0.135. The Morgan fingerprint density at radius 1 is 1.39 bits per heavy atom. The highest BCUT2D eigenvalue weighted by Crippen LogP contribution is 2.22. The minimum Gasteiger partial charge on any atom is -0.494 e. The third-order valence-corrected chi connectivity index (χ3v) is 3.02. The topological polar surface area (TPSA) is 73.1 Å². The average molecular weight is 264 g/mol. The van der Waals surface area contributed by atoms with E-state index in [0.717, 1.165) is 30.0 Å². The van der Waals surface area contributed by atoms with Gasteiger partial charge in [-0.15, -0.1) is 0 Å². The molecule has 0 aliphatic rings. The molecule has 0 bridgehead atoms. The number of nitrogens with one attached hydrogen (secondary N) is 1. The van der Waals surface area contributed by atoms with Gasteiger partial charge >= 0.3 is 0 Å². The largest absolute Gasteiger partial charge is 0.494 e. The fourth-order valence-corrected chi connectivity index (χ4v) is 2.08. The van der Waals surface area contributed by atoms with Crippen LogP contribution in [0.3, 0.4) is 0 Å². The van der Waals surface area contributed by atoms with Gasteiger partial charge in [-0.25, -0.2) is 5.43 Å². The van der Waals surface area contributed by atoms with Crippen molar-refractivity contribution in [3.05, 3.63) is 41.7 Å². The van der Waals surface area contributed by atoms with Crippen molar-refractivity contribution in [2.75, 3.05) is 6.61 Å². The van der Waals surface area contributed by atoms with Crippen LogP contribution < -0.4 is 16.0 Å². The monoisotopic (exact) mass is 264 g/mol. The zero-order valence-electron chi connectivity index (χ0n) is 10.2. The maximum Gasteiger partial charge on any atom is 0.119 e. The van der Waals surface area contributed by atoms with Gasteiger partial charge in [-0.1, -0.05) is 19.1 Å². The van der Waals surface area contributed by atoms with Gasteiger partial charge in [0.05, 0.1) is 36.3 Å². The van der Waals surface area contributed by atoms with E-state index in [9.17, 15) is 0 Å². The number of hydrogen-bond acceptors (Lipinski definition) is 6. The summed E-state index contributed by atoms with van der Waals surface area (Å²) in [5, 5.41) is 0. The summed E-state index contributed by atoms with van der Waals surface area (Å²) in [6, 6.07) is 7.71. The fourth-order valence-electron chi connectivity index (χ4n) is 1.63. The molecule has 1 aromatic carbocycles. The molecule has 1 aromatic heterocycles. The summed E-state index contributed by atoms with van der Waals surface area (Å²) in [6.07, 6.45) is 2.72. The molecule has 2 aromatic rings. The van der Waals surface area contributed by atoms with Crippen molar-refractivity contribution in [1.29, 1.82) is 0 Å². The Kier molecular flexibility index (Phi) is 4.63. The van der Waals surface area contributed by atoms with Gasteiger partial charge in [0.2, 0.25) is 0 Å². The molecule has 1 heterocycles. The van der Waals surface area contributed by atoms with E-state index in [-0.39, 0.29) is 6.04 Å². The van der Waals surface area contributed by atoms with Crippen molar-refractivity contribution in [3.8, 4) is 5.75 Å². The first kappa shape index (κ1) is 12.9. The number of rotatable bonds is 6. The number of benzene rings is 1. The van der Waals surface area contributed by atoms with Gasteiger partial charge in [0, 0.05) is 0 Å². The first-order valence-electron chi connectivity index (χ1n) is 5.81. The molecule has 0 amide bonds. The Bertz CT molecular complexity index is 457. The summed E-state index contributed by atoms with van der Waals surface area (Å²) in [5.74, 6) is 6.44. The number of hydrazine groups is 1. The second kappa shape index (κ2) is 6.44. The average Bonchev–Trinajstić information content (AvgIpc) is 2.93. The van der Waals surface area contributed by atoms with Crippen LogP contribution in [-0.4, -0.2) is 15.4 Å². The molecule has 0 spiro atoms. The Hall–Kier alpha value is -1.50. The molecular formula is C12H16N4OS. The second-order valence-corrected chi connectivity index (χ2v) is 4.41. The summed E-state index contributed by atoms with van der Waals surface area (Å²) in [7, 11) is 0. The quantitative estimate of drug-likeness (QED) is 0.615. The van der Waals surface area contributed by atoms with Crippen molar-refractivity contribution in [1.82, 2.24) is 14.2 Å². The van der Waals surface area contributed by atoms with Crippen molar-refractivity contribution < 1.29 is 4.74 Å². The molecule has 0 saturated carbocycles. The molecule has 2 rings (SSSR count). The lowest BCUT2D eigenvalue weighted by Crippen LogP contribution is -2.29. The molecule has 1 atom stereocenters. The van der Waals surface area contributed by atoms with Gasteiger partial charge in [0.1, 0.15) is 5.75 Å². The van der Waals surface area contributed by atoms with Gasteiger partial charge in [0.15, 0.2) is 0 Å². The summed E-state index contributed by atoms with van der Waals surface area (Å²) < 4.78 is 13.7. The third-order valence-electron chi connectivity index (χ3n) is 2.53. The summed E-state index contributed by atoms with van der Waals surface area (Å²) in [6.45, 7) is 2.81. The van der Waals surface area contributed by atoms with Gasteiger partial charge < -0.3 is 4.74 Å². The summed E-state index contributed by atoms with van der Waals surface area (Å²) in [4.78, 5) is 0. The highest BCUT2D eigenvalue weighted by atomic mass is 32.1. The Labute approximate surface area is 110 Å². The van der Waals surface area contributed by atoms with Gasteiger partial charge in [-0.3, -0.25) is 5.84 Å². The van der Waals surface area contributed by atoms with Gasteiger partial charge in [-0.05, 0) is 24.1 Å². The van der Waals surface area contributed by atoms with E-state index < -0.39 is 0 Å². The van der Waals surface area contributed by atoms with Gasteiger partial charge in [0.25, 0.3) is 0 Å². The standard InChI is InChI=1S/C12H16N4OS/c1-2-7-17-10-5-3-9(4-6-10)12(15-13)11-8-14-18-16-11/h3-6,8,12,15H,2,7,13H2,1H3. The summed E-state index contributed by atoms with van der Waals surface area (Å²) in [5.41, 5.74) is 4.61. The minimum atomic E-state index is -0.135. The van der Waals surface area contributed by atoms with E-state index in [4.69, 9.17) is 10.6 Å². The lowest BCUT2D eigenvalue weighted by molar-refractivity contribution is 0.317. The zero-order chi connectivity index (χ0) is 12.8. The second-order valence-electron chi connectivity index (χ2n) is 3.85. The van der Waals surface area contributed by atoms with E-state index in [2.05, 4.69) is 21.1 Å². The highest BCUT2D eigenvalue weighted by molar-refractivity contribution is 6.99. The van der Waals surface area contributed by atoms with Crippen LogP contribution in [0, 0.1) is 0 Å². The molecule has 0 saturated heterocycles.